The molecule has 0 aliphatic carbocycles. The van der Waals surface area contributed by atoms with Gasteiger partial charge in [0, 0.05) is 39.3 Å². The molecule has 0 aromatic carbocycles. The minimum atomic E-state index is -2.41. The predicted molar refractivity (Wildman–Crippen MR) is 82.7 cm³/mol. The van der Waals surface area contributed by atoms with Gasteiger partial charge in [-0.3, -0.25) is 4.79 Å². The van der Waals surface area contributed by atoms with Crippen molar-refractivity contribution in [3.05, 3.63) is 0 Å². The van der Waals surface area contributed by atoms with Gasteiger partial charge in [-0.15, -0.1) is 12.4 Å². The van der Waals surface area contributed by atoms with Crippen LogP contribution in [0.15, 0.2) is 0 Å². The zero-order chi connectivity index (χ0) is 15.1. The number of hydrogen-bond acceptors (Lipinski definition) is 4. The lowest BCUT2D eigenvalue weighted by atomic mass is 9.96. The Morgan fingerprint density at radius 3 is 2.68 bits per heavy atom. The lowest BCUT2D eigenvalue weighted by molar-refractivity contribution is -0.138. The third-order valence-electron chi connectivity index (χ3n) is 4.08. The summed E-state index contributed by atoms with van der Waals surface area (Å²) >= 11 is 0. The van der Waals surface area contributed by atoms with Crippen molar-refractivity contribution in [2.75, 3.05) is 59.0 Å². The van der Waals surface area contributed by atoms with E-state index in [1.54, 1.807) is 0 Å². The molecule has 2 rings (SSSR count). The van der Waals surface area contributed by atoms with Gasteiger partial charge in [-0.1, -0.05) is 0 Å². The standard InChI is InChI=1S/C14H25F2N3O2.ClH/c15-13(16)11-21-9-8-18-5-1-2-12(10-18)14(20)19-6-3-17-4-7-19;/h12-13,17H,1-11H2;1H. The Balaban J connectivity index is 0.00000242. The van der Waals surface area contributed by atoms with Gasteiger partial charge in [-0.05, 0) is 19.4 Å². The molecule has 0 saturated carbocycles. The van der Waals surface area contributed by atoms with E-state index in [2.05, 4.69) is 10.2 Å². The zero-order valence-corrected chi connectivity index (χ0v) is 13.6. The Bertz CT molecular complexity index is 331. The number of rotatable bonds is 6. The lowest BCUT2D eigenvalue weighted by Gasteiger charge is -2.36. The quantitative estimate of drug-likeness (QED) is 0.727. The number of nitrogens with one attached hydrogen (secondary N) is 1. The van der Waals surface area contributed by atoms with Gasteiger partial charge in [0.25, 0.3) is 6.43 Å². The number of piperidine rings is 1. The van der Waals surface area contributed by atoms with Crippen molar-refractivity contribution in [1.82, 2.24) is 15.1 Å². The molecule has 1 atom stereocenters. The summed E-state index contributed by atoms with van der Waals surface area (Å²) in [6.07, 6.45) is -0.498. The van der Waals surface area contributed by atoms with E-state index in [-0.39, 0.29) is 24.2 Å². The monoisotopic (exact) mass is 341 g/mol. The smallest absolute Gasteiger partial charge is 0.261 e. The molecule has 8 heteroatoms. The summed E-state index contributed by atoms with van der Waals surface area (Å²) in [4.78, 5) is 16.6. The Morgan fingerprint density at radius 2 is 2.00 bits per heavy atom. The van der Waals surface area contributed by atoms with E-state index in [9.17, 15) is 13.6 Å². The van der Waals surface area contributed by atoms with Crippen LogP contribution in [0.4, 0.5) is 8.78 Å². The molecule has 2 aliphatic heterocycles. The maximum Gasteiger partial charge on any atom is 0.261 e. The molecule has 0 aromatic rings. The summed E-state index contributed by atoms with van der Waals surface area (Å²) in [5, 5.41) is 3.24. The van der Waals surface area contributed by atoms with Gasteiger partial charge in [0.2, 0.25) is 5.91 Å². The molecule has 0 aromatic heterocycles. The maximum absolute atomic E-state index is 12.5. The van der Waals surface area contributed by atoms with Crippen LogP contribution in [0, 0.1) is 5.92 Å². The first-order valence-electron chi connectivity index (χ1n) is 7.74. The topological polar surface area (TPSA) is 44.8 Å². The minimum Gasteiger partial charge on any atom is -0.374 e. The van der Waals surface area contributed by atoms with Gasteiger partial charge >= 0.3 is 0 Å². The highest BCUT2D eigenvalue weighted by Gasteiger charge is 2.29. The van der Waals surface area contributed by atoms with Crippen molar-refractivity contribution >= 4 is 18.3 Å². The largest absolute Gasteiger partial charge is 0.374 e. The number of carbonyl (C=O) groups is 1. The van der Waals surface area contributed by atoms with Crippen molar-refractivity contribution in [3.63, 3.8) is 0 Å². The Hall–Kier alpha value is -0.500. The first-order valence-corrected chi connectivity index (χ1v) is 7.74. The fourth-order valence-corrected chi connectivity index (χ4v) is 2.97. The molecule has 2 heterocycles. The highest BCUT2D eigenvalue weighted by molar-refractivity contribution is 5.85. The fraction of sp³-hybridized carbons (Fsp3) is 0.929. The summed E-state index contributed by atoms with van der Waals surface area (Å²) in [6.45, 7) is 5.37. The lowest BCUT2D eigenvalue weighted by Crippen LogP contribution is -2.51. The zero-order valence-electron chi connectivity index (χ0n) is 12.8. The van der Waals surface area contributed by atoms with E-state index >= 15 is 0 Å². The molecule has 1 N–H and O–H groups in total. The van der Waals surface area contributed by atoms with E-state index in [4.69, 9.17) is 4.74 Å². The van der Waals surface area contributed by atoms with Gasteiger partial charge in [0.05, 0.1) is 12.5 Å². The van der Waals surface area contributed by atoms with Crippen LogP contribution in [-0.2, 0) is 9.53 Å². The highest BCUT2D eigenvalue weighted by Crippen LogP contribution is 2.19. The Morgan fingerprint density at radius 1 is 1.27 bits per heavy atom. The number of ether oxygens (including phenoxy) is 1. The molecule has 0 spiro atoms. The van der Waals surface area contributed by atoms with E-state index < -0.39 is 13.0 Å². The maximum atomic E-state index is 12.5. The van der Waals surface area contributed by atoms with Gasteiger partial charge < -0.3 is 19.9 Å². The van der Waals surface area contributed by atoms with Gasteiger partial charge in [0.15, 0.2) is 0 Å². The molecule has 5 nitrogen and oxygen atoms in total. The van der Waals surface area contributed by atoms with Gasteiger partial charge in [-0.25, -0.2) is 8.78 Å². The first kappa shape index (κ1) is 19.5. The molecule has 2 saturated heterocycles. The molecule has 2 fully saturated rings. The van der Waals surface area contributed by atoms with Crippen LogP contribution >= 0.6 is 12.4 Å². The summed E-state index contributed by atoms with van der Waals surface area (Å²) in [7, 11) is 0. The number of halogens is 3. The number of likely N-dealkylation sites (tertiary alicyclic amines) is 1. The molecule has 0 radical (unpaired) electrons. The van der Waals surface area contributed by atoms with E-state index in [1.807, 2.05) is 4.90 Å². The van der Waals surface area contributed by atoms with Crippen LogP contribution in [0.3, 0.4) is 0 Å². The van der Waals surface area contributed by atoms with Gasteiger partial charge in [-0.2, -0.15) is 0 Å². The third-order valence-corrected chi connectivity index (χ3v) is 4.08. The molecule has 130 valence electrons. The molecule has 1 unspecified atom stereocenters. The summed E-state index contributed by atoms with van der Waals surface area (Å²) in [6, 6.07) is 0. The van der Waals surface area contributed by atoms with E-state index in [0.29, 0.717) is 13.2 Å². The summed E-state index contributed by atoms with van der Waals surface area (Å²) in [5.74, 6) is 0.293. The predicted octanol–water partition coefficient (Wildman–Crippen LogP) is 0.834. The number of carbonyl (C=O) groups excluding carboxylic acids is 1. The minimum absolute atomic E-state index is 0. The Labute approximate surface area is 136 Å². The SMILES string of the molecule is Cl.O=C(C1CCCN(CCOCC(F)F)C1)N1CCNCC1. The fourth-order valence-electron chi connectivity index (χ4n) is 2.97. The van der Waals surface area contributed by atoms with Crippen LogP contribution in [0.5, 0.6) is 0 Å². The molecular weight excluding hydrogens is 316 g/mol. The van der Waals surface area contributed by atoms with Crippen molar-refractivity contribution in [2.45, 2.75) is 19.3 Å². The van der Waals surface area contributed by atoms with Crippen LogP contribution < -0.4 is 5.32 Å². The van der Waals surface area contributed by atoms with Crippen LogP contribution in [0.25, 0.3) is 0 Å². The number of nitrogens with zero attached hydrogens (tertiary/aromatic N) is 2. The second-order valence-electron chi connectivity index (χ2n) is 5.68. The van der Waals surface area contributed by atoms with Crippen LogP contribution in [0.1, 0.15) is 12.8 Å². The highest BCUT2D eigenvalue weighted by atomic mass is 35.5. The molecule has 2 aliphatic rings. The van der Waals surface area contributed by atoms with Crippen molar-refractivity contribution in [3.8, 4) is 0 Å². The number of piperazine rings is 1. The average Bonchev–Trinajstić information content (AvgIpc) is 2.52. The van der Waals surface area contributed by atoms with E-state index in [0.717, 1.165) is 52.1 Å². The number of amides is 1. The number of hydrogen-bond donors (Lipinski definition) is 1. The van der Waals surface area contributed by atoms with Crippen molar-refractivity contribution < 1.29 is 18.3 Å². The second-order valence-corrected chi connectivity index (χ2v) is 5.68. The van der Waals surface area contributed by atoms with Crippen molar-refractivity contribution in [2.24, 2.45) is 5.92 Å². The molecule has 0 bridgehead atoms. The number of alkyl halides is 2. The summed E-state index contributed by atoms with van der Waals surface area (Å²) < 4.78 is 28.9. The van der Waals surface area contributed by atoms with Crippen LogP contribution in [0.2, 0.25) is 0 Å². The normalized spacial score (nSPS) is 23.4. The molecule has 22 heavy (non-hydrogen) atoms. The van der Waals surface area contributed by atoms with Crippen LogP contribution in [-0.4, -0.2) is 81.2 Å². The second kappa shape index (κ2) is 10.3. The van der Waals surface area contributed by atoms with Crippen molar-refractivity contribution in [1.29, 1.82) is 0 Å². The van der Waals surface area contributed by atoms with E-state index in [1.165, 1.54) is 0 Å². The molecular formula is C14H26ClF2N3O2. The third kappa shape index (κ3) is 6.32. The summed E-state index contributed by atoms with van der Waals surface area (Å²) in [5.41, 5.74) is 0. The average molecular weight is 342 g/mol. The first-order chi connectivity index (χ1) is 10.2. The van der Waals surface area contributed by atoms with Gasteiger partial charge in [0.1, 0.15) is 6.61 Å². The molecule has 1 amide bonds. The Kier molecular flexibility index (Phi) is 9.16.